The Hall–Kier alpha value is -0.940. The van der Waals surface area contributed by atoms with E-state index in [4.69, 9.17) is 4.74 Å². The van der Waals surface area contributed by atoms with Crippen molar-refractivity contribution >= 4 is 0 Å². The maximum atomic E-state index is 5.34. The van der Waals surface area contributed by atoms with Gasteiger partial charge in [0.15, 0.2) is 0 Å². The second-order valence-corrected chi connectivity index (χ2v) is 3.79. The quantitative estimate of drug-likeness (QED) is 0.676. The van der Waals surface area contributed by atoms with Gasteiger partial charge in [-0.1, -0.05) is 0 Å². The molecule has 0 amide bonds. The monoisotopic (exact) mass is 210 g/mol. The van der Waals surface area contributed by atoms with E-state index in [0.717, 1.165) is 51.0 Å². The van der Waals surface area contributed by atoms with Crippen molar-refractivity contribution in [2.45, 2.75) is 26.9 Å². The molecule has 2 heterocycles. The molecule has 5 heteroatoms. The molecule has 0 aromatic carbocycles. The maximum absolute atomic E-state index is 5.34. The SMILES string of the molecule is CCOCCN1CCn2c(C)nnc2C1. The second kappa shape index (κ2) is 4.72. The summed E-state index contributed by atoms with van der Waals surface area (Å²) in [7, 11) is 0. The molecule has 0 aliphatic carbocycles. The molecule has 1 aliphatic heterocycles. The summed E-state index contributed by atoms with van der Waals surface area (Å²) in [5, 5.41) is 8.25. The van der Waals surface area contributed by atoms with Crippen LogP contribution in [0.4, 0.5) is 0 Å². The highest BCUT2D eigenvalue weighted by Gasteiger charge is 2.18. The fourth-order valence-electron chi connectivity index (χ4n) is 1.88. The lowest BCUT2D eigenvalue weighted by atomic mass is 10.3. The average molecular weight is 210 g/mol. The van der Waals surface area contributed by atoms with Crippen LogP contribution in [0.15, 0.2) is 0 Å². The van der Waals surface area contributed by atoms with Crippen molar-refractivity contribution in [2.75, 3.05) is 26.3 Å². The lowest BCUT2D eigenvalue weighted by Crippen LogP contribution is -2.36. The molecule has 15 heavy (non-hydrogen) atoms. The van der Waals surface area contributed by atoms with E-state index in [0.29, 0.717) is 0 Å². The third-order valence-corrected chi connectivity index (χ3v) is 2.77. The molecule has 0 bridgehead atoms. The predicted molar refractivity (Wildman–Crippen MR) is 56.5 cm³/mol. The highest BCUT2D eigenvalue weighted by atomic mass is 16.5. The first kappa shape index (κ1) is 10.6. The lowest BCUT2D eigenvalue weighted by Gasteiger charge is -2.27. The Morgan fingerprint density at radius 1 is 1.33 bits per heavy atom. The molecule has 84 valence electrons. The van der Waals surface area contributed by atoms with Crippen LogP contribution in [0.2, 0.25) is 0 Å². The minimum Gasteiger partial charge on any atom is -0.380 e. The van der Waals surface area contributed by atoms with Gasteiger partial charge >= 0.3 is 0 Å². The van der Waals surface area contributed by atoms with Crippen molar-refractivity contribution < 1.29 is 4.74 Å². The molecule has 1 aromatic heterocycles. The van der Waals surface area contributed by atoms with Crippen molar-refractivity contribution in [1.29, 1.82) is 0 Å². The molecule has 0 fully saturated rings. The maximum Gasteiger partial charge on any atom is 0.147 e. The van der Waals surface area contributed by atoms with Crippen LogP contribution in [-0.2, 0) is 17.8 Å². The van der Waals surface area contributed by atoms with E-state index in [9.17, 15) is 0 Å². The Kier molecular flexibility index (Phi) is 3.33. The van der Waals surface area contributed by atoms with Crippen molar-refractivity contribution in [2.24, 2.45) is 0 Å². The van der Waals surface area contributed by atoms with E-state index in [-0.39, 0.29) is 0 Å². The Morgan fingerprint density at radius 3 is 3.00 bits per heavy atom. The number of hydrogen-bond donors (Lipinski definition) is 0. The zero-order valence-electron chi connectivity index (χ0n) is 9.44. The molecular weight excluding hydrogens is 192 g/mol. The van der Waals surface area contributed by atoms with Gasteiger partial charge in [-0.15, -0.1) is 10.2 Å². The van der Waals surface area contributed by atoms with Crippen molar-refractivity contribution in [3.8, 4) is 0 Å². The van der Waals surface area contributed by atoms with Crippen LogP contribution < -0.4 is 0 Å². The third kappa shape index (κ3) is 2.35. The number of fused-ring (bicyclic) bond motifs is 1. The number of rotatable bonds is 4. The van der Waals surface area contributed by atoms with Gasteiger partial charge in [0.1, 0.15) is 11.6 Å². The highest BCUT2D eigenvalue weighted by molar-refractivity contribution is 4.96. The van der Waals surface area contributed by atoms with Gasteiger partial charge in [0.05, 0.1) is 13.2 Å². The van der Waals surface area contributed by atoms with Crippen LogP contribution >= 0.6 is 0 Å². The number of aromatic nitrogens is 3. The van der Waals surface area contributed by atoms with Gasteiger partial charge in [0, 0.05) is 26.2 Å². The summed E-state index contributed by atoms with van der Waals surface area (Å²) in [5.41, 5.74) is 0. The molecule has 0 atom stereocenters. The summed E-state index contributed by atoms with van der Waals surface area (Å²) in [6.45, 7) is 9.59. The summed E-state index contributed by atoms with van der Waals surface area (Å²) in [5.74, 6) is 2.10. The first-order chi connectivity index (χ1) is 7.31. The second-order valence-electron chi connectivity index (χ2n) is 3.79. The molecular formula is C10H18N4O. The topological polar surface area (TPSA) is 43.2 Å². The zero-order valence-corrected chi connectivity index (χ0v) is 9.44. The molecule has 0 unspecified atom stereocenters. The molecule has 0 N–H and O–H groups in total. The Labute approximate surface area is 90.0 Å². The predicted octanol–water partition coefficient (Wildman–Crippen LogP) is 0.439. The average Bonchev–Trinajstić information content (AvgIpc) is 2.61. The van der Waals surface area contributed by atoms with E-state index >= 15 is 0 Å². The largest absolute Gasteiger partial charge is 0.380 e. The summed E-state index contributed by atoms with van der Waals surface area (Å²) >= 11 is 0. The first-order valence-corrected chi connectivity index (χ1v) is 5.50. The van der Waals surface area contributed by atoms with Gasteiger partial charge in [-0.25, -0.2) is 0 Å². The van der Waals surface area contributed by atoms with Crippen LogP contribution in [-0.4, -0.2) is 46.0 Å². The van der Waals surface area contributed by atoms with Gasteiger partial charge in [-0.2, -0.15) is 0 Å². The minimum atomic E-state index is 0.795. The number of ether oxygens (including phenoxy) is 1. The number of aryl methyl sites for hydroxylation is 1. The summed E-state index contributed by atoms with van der Waals surface area (Å²) in [6, 6.07) is 0. The van der Waals surface area contributed by atoms with Crippen LogP contribution in [0.5, 0.6) is 0 Å². The molecule has 0 radical (unpaired) electrons. The standard InChI is InChI=1S/C10H18N4O/c1-3-15-7-6-13-4-5-14-9(2)11-12-10(14)8-13/h3-8H2,1-2H3. The summed E-state index contributed by atoms with van der Waals surface area (Å²) in [4.78, 5) is 2.36. The zero-order chi connectivity index (χ0) is 10.7. The van der Waals surface area contributed by atoms with E-state index < -0.39 is 0 Å². The summed E-state index contributed by atoms with van der Waals surface area (Å²) < 4.78 is 7.54. The van der Waals surface area contributed by atoms with Crippen LogP contribution in [0.25, 0.3) is 0 Å². The van der Waals surface area contributed by atoms with Gasteiger partial charge in [0.25, 0.3) is 0 Å². The molecule has 1 aliphatic rings. The number of nitrogens with zero attached hydrogens (tertiary/aromatic N) is 4. The smallest absolute Gasteiger partial charge is 0.147 e. The highest BCUT2D eigenvalue weighted by Crippen LogP contribution is 2.10. The molecule has 1 aromatic rings. The van der Waals surface area contributed by atoms with Gasteiger partial charge in [-0.05, 0) is 13.8 Å². The molecule has 0 spiro atoms. The van der Waals surface area contributed by atoms with Crippen molar-refractivity contribution in [1.82, 2.24) is 19.7 Å². The van der Waals surface area contributed by atoms with Crippen LogP contribution in [0.1, 0.15) is 18.6 Å². The van der Waals surface area contributed by atoms with E-state index in [2.05, 4.69) is 19.7 Å². The molecule has 0 saturated carbocycles. The Balaban J connectivity index is 1.89. The van der Waals surface area contributed by atoms with E-state index in [1.165, 1.54) is 0 Å². The van der Waals surface area contributed by atoms with Gasteiger partial charge in [0.2, 0.25) is 0 Å². The minimum absolute atomic E-state index is 0.795. The van der Waals surface area contributed by atoms with Gasteiger partial charge < -0.3 is 9.30 Å². The first-order valence-electron chi connectivity index (χ1n) is 5.50. The molecule has 5 nitrogen and oxygen atoms in total. The van der Waals surface area contributed by atoms with Crippen LogP contribution in [0.3, 0.4) is 0 Å². The number of hydrogen-bond acceptors (Lipinski definition) is 4. The summed E-state index contributed by atoms with van der Waals surface area (Å²) in [6.07, 6.45) is 0. The normalized spacial score (nSPS) is 16.7. The molecule has 2 rings (SSSR count). The Morgan fingerprint density at radius 2 is 2.20 bits per heavy atom. The van der Waals surface area contributed by atoms with Crippen LogP contribution in [0, 0.1) is 6.92 Å². The van der Waals surface area contributed by atoms with Crippen molar-refractivity contribution in [3.63, 3.8) is 0 Å². The fourth-order valence-corrected chi connectivity index (χ4v) is 1.88. The lowest BCUT2D eigenvalue weighted by molar-refractivity contribution is 0.101. The van der Waals surface area contributed by atoms with Gasteiger partial charge in [-0.3, -0.25) is 4.90 Å². The Bertz CT molecular complexity index is 323. The van der Waals surface area contributed by atoms with Crippen molar-refractivity contribution in [3.05, 3.63) is 11.6 Å². The fraction of sp³-hybridized carbons (Fsp3) is 0.800. The van der Waals surface area contributed by atoms with E-state index in [1.54, 1.807) is 0 Å². The third-order valence-electron chi connectivity index (χ3n) is 2.77. The molecule has 0 saturated heterocycles. The van der Waals surface area contributed by atoms with E-state index in [1.807, 2.05) is 13.8 Å².